The molecule has 0 radical (unpaired) electrons. The molecule has 1 fully saturated rings. The molecular weight excluding hydrogens is 358 g/mol. The highest BCUT2D eigenvalue weighted by atomic mass is 16.6. The topological polar surface area (TPSA) is 87.7 Å². The minimum Gasteiger partial charge on any atom is -0.450 e. The molecule has 0 atom stereocenters. The molecule has 0 aliphatic carbocycles. The first-order valence-electron chi connectivity index (χ1n) is 10.3. The molecule has 2 heterocycles. The van der Waals surface area contributed by atoms with Gasteiger partial charge in [0.15, 0.2) is 0 Å². The number of nitrogens with one attached hydrogen (secondary N) is 1. The molecule has 2 amide bonds. The summed E-state index contributed by atoms with van der Waals surface area (Å²) in [6.07, 6.45) is 3.20. The highest BCUT2D eigenvalue weighted by molar-refractivity contribution is 5.93. The van der Waals surface area contributed by atoms with Gasteiger partial charge < -0.3 is 19.9 Å². The van der Waals surface area contributed by atoms with Gasteiger partial charge in [0, 0.05) is 38.3 Å². The zero-order valence-corrected chi connectivity index (χ0v) is 17.5. The largest absolute Gasteiger partial charge is 0.450 e. The Balaban J connectivity index is 2.01. The number of nitrogens with zero attached hydrogens (tertiary/aromatic N) is 4. The number of hydrogen-bond donors (Lipinski definition) is 1. The summed E-state index contributed by atoms with van der Waals surface area (Å²) in [5.74, 6) is 1.19. The van der Waals surface area contributed by atoms with Crippen LogP contribution in [0.25, 0.3) is 0 Å². The fourth-order valence-electron chi connectivity index (χ4n) is 3.40. The number of piperidine rings is 1. The van der Waals surface area contributed by atoms with Crippen molar-refractivity contribution in [1.82, 2.24) is 19.8 Å². The summed E-state index contributed by atoms with van der Waals surface area (Å²) in [5, 5.41) is 3.41. The van der Waals surface area contributed by atoms with E-state index in [2.05, 4.69) is 29.1 Å². The second kappa shape index (κ2) is 10.8. The second-order valence-corrected chi connectivity index (χ2v) is 7.08. The van der Waals surface area contributed by atoms with Crippen LogP contribution in [0.3, 0.4) is 0 Å². The van der Waals surface area contributed by atoms with Gasteiger partial charge in [-0.1, -0.05) is 13.8 Å². The Labute approximate surface area is 167 Å². The van der Waals surface area contributed by atoms with Crippen molar-refractivity contribution in [2.45, 2.75) is 59.4 Å². The van der Waals surface area contributed by atoms with Gasteiger partial charge in [-0.3, -0.25) is 4.79 Å². The Kier molecular flexibility index (Phi) is 8.47. The van der Waals surface area contributed by atoms with Crippen LogP contribution in [-0.4, -0.2) is 70.6 Å². The van der Waals surface area contributed by atoms with E-state index >= 15 is 0 Å². The summed E-state index contributed by atoms with van der Waals surface area (Å²) in [5.41, 5.74) is 0.431. The Morgan fingerprint density at radius 1 is 1.18 bits per heavy atom. The van der Waals surface area contributed by atoms with Crippen molar-refractivity contribution in [2.75, 3.05) is 38.1 Å². The third-order valence-electron chi connectivity index (χ3n) is 4.70. The average Bonchev–Trinajstić information content (AvgIpc) is 2.67. The van der Waals surface area contributed by atoms with E-state index in [0.717, 1.165) is 38.8 Å². The number of ether oxygens (including phenoxy) is 1. The lowest BCUT2D eigenvalue weighted by molar-refractivity contribution is 0.0749. The van der Waals surface area contributed by atoms with Gasteiger partial charge in [0.25, 0.3) is 5.91 Å². The van der Waals surface area contributed by atoms with E-state index in [-0.39, 0.29) is 18.0 Å². The van der Waals surface area contributed by atoms with Crippen molar-refractivity contribution in [3.8, 4) is 0 Å². The number of carbonyl (C=O) groups excluding carboxylic acids is 2. The SMILES string of the molecule is CCCN(CCC)C(=O)c1cc(NC2CCN(C(=O)OCC)CC2)nc(C)n1. The lowest BCUT2D eigenvalue weighted by Gasteiger charge is -2.32. The fourth-order valence-corrected chi connectivity index (χ4v) is 3.40. The first-order valence-corrected chi connectivity index (χ1v) is 10.3. The van der Waals surface area contributed by atoms with Gasteiger partial charge >= 0.3 is 6.09 Å². The van der Waals surface area contributed by atoms with Gasteiger partial charge in [-0.15, -0.1) is 0 Å². The number of amides is 2. The standard InChI is InChI=1S/C20H33N5O3/c1-5-10-24(11-6-2)19(26)17-14-18(22-15(4)21-17)23-16-8-12-25(13-9-16)20(27)28-7-3/h14,16H,5-13H2,1-4H3,(H,21,22,23). The van der Waals surface area contributed by atoms with Crippen LogP contribution in [0.1, 0.15) is 62.8 Å². The maximum Gasteiger partial charge on any atom is 0.409 e. The number of aromatic nitrogens is 2. The van der Waals surface area contributed by atoms with Crippen molar-refractivity contribution in [3.63, 3.8) is 0 Å². The molecule has 1 aliphatic rings. The maximum absolute atomic E-state index is 12.9. The van der Waals surface area contributed by atoms with Crippen molar-refractivity contribution >= 4 is 17.8 Å². The number of likely N-dealkylation sites (tertiary alicyclic amines) is 1. The lowest BCUT2D eigenvalue weighted by atomic mass is 10.1. The maximum atomic E-state index is 12.9. The molecule has 0 saturated carbocycles. The van der Waals surface area contributed by atoms with Crippen molar-refractivity contribution in [1.29, 1.82) is 0 Å². The molecule has 2 rings (SSSR count). The number of hydrogen-bond acceptors (Lipinski definition) is 6. The molecule has 1 aromatic heterocycles. The summed E-state index contributed by atoms with van der Waals surface area (Å²) in [7, 11) is 0. The zero-order chi connectivity index (χ0) is 20.5. The molecule has 1 aromatic rings. The van der Waals surface area contributed by atoms with Gasteiger partial charge in [0.2, 0.25) is 0 Å². The Hall–Kier alpha value is -2.38. The van der Waals surface area contributed by atoms with Crippen LogP contribution in [0.2, 0.25) is 0 Å². The molecule has 8 heteroatoms. The Bertz CT molecular complexity index is 653. The van der Waals surface area contributed by atoms with Gasteiger partial charge in [-0.2, -0.15) is 0 Å². The number of anilines is 1. The minimum absolute atomic E-state index is 0.0469. The summed E-state index contributed by atoms with van der Waals surface area (Å²) < 4.78 is 5.06. The van der Waals surface area contributed by atoms with E-state index in [4.69, 9.17) is 4.74 Å². The van der Waals surface area contributed by atoms with Gasteiger partial charge in [-0.05, 0) is 39.5 Å². The molecule has 1 aliphatic heterocycles. The molecule has 0 aromatic carbocycles. The van der Waals surface area contributed by atoms with Crippen LogP contribution in [0, 0.1) is 6.92 Å². The Morgan fingerprint density at radius 3 is 2.39 bits per heavy atom. The van der Waals surface area contributed by atoms with Crippen LogP contribution >= 0.6 is 0 Å². The van der Waals surface area contributed by atoms with Crippen LogP contribution in [-0.2, 0) is 4.74 Å². The van der Waals surface area contributed by atoms with E-state index in [0.29, 0.717) is 37.0 Å². The Morgan fingerprint density at radius 2 is 1.82 bits per heavy atom. The lowest BCUT2D eigenvalue weighted by Crippen LogP contribution is -2.42. The first-order chi connectivity index (χ1) is 13.5. The third kappa shape index (κ3) is 6.07. The molecule has 1 N–H and O–H groups in total. The second-order valence-electron chi connectivity index (χ2n) is 7.08. The van der Waals surface area contributed by atoms with Crippen molar-refractivity contribution in [3.05, 3.63) is 17.6 Å². The number of aryl methyl sites for hydroxylation is 1. The number of rotatable bonds is 8. The van der Waals surface area contributed by atoms with Crippen molar-refractivity contribution in [2.24, 2.45) is 0 Å². The molecule has 1 saturated heterocycles. The molecule has 8 nitrogen and oxygen atoms in total. The van der Waals surface area contributed by atoms with Crippen molar-refractivity contribution < 1.29 is 14.3 Å². The van der Waals surface area contributed by atoms with Gasteiger partial charge in [-0.25, -0.2) is 14.8 Å². The van der Waals surface area contributed by atoms with Gasteiger partial charge in [0.05, 0.1) is 6.61 Å². The molecule has 156 valence electrons. The molecule has 0 spiro atoms. The van der Waals surface area contributed by atoms with Crippen LogP contribution < -0.4 is 5.32 Å². The molecule has 0 bridgehead atoms. The van der Waals surface area contributed by atoms with Crippen LogP contribution in [0.15, 0.2) is 6.07 Å². The molecule has 28 heavy (non-hydrogen) atoms. The quantitative estimate of drug-likeness (QED) is 0.733. The summed E-state index contributed by atoms with van der Waals surface area (Å²) in [4.78, 5) is 37.1. The highest BCUT2D eigenvalue weighted by Gasteiger charge is 2.24. The first kappa shape index (κ1) is 21.9. The van der Waals surface area contributed by atoms with E-state index in [1.54, 1.807) is 17.9 Å². The van der Waals surface area contributed by atoms with Crippen LogP contribution in [0.5, 0.6) is 0 Å². The number of carbonyl (C=O) groups is 2. The predicted molar refractivity (Wildman–Crippen MR) is 108 cm³/mol. The van der Waals surface area contributed by atoms with E-state index in [9.17, 15) is 9.59 Å². The average molecular weight is 392 g/mol. The van der Waals surface area contributed by atoms with E-state index in [1.807, 2.05) is 11.8 Å². The fraction of sp³-hybridized carbons (Fsp3) is 0.700. The normalized spacial score (nSPS) is 14.6. The third-order valence-corrected chi connectivity index (χ3v) is 4.70. The summed E-state index contributed by atoms with van der Waals surface area (Å²) in [6.45, 7) is 10.9. The molecule has 0 unspecified atom stereocenters. The highest BCUT2D eigenvalue weighted by Crippen LogP contribution is 2.17. The summed E-state index contributed by atoms with van der Waals surface area (Å²) in [6, 6.07) is 1.94. The van der Waals surface area contributed by atoms with E-state index in [1.165, 1.54) is 0 Å². The van der Waals surface area contributed by atoms with Crippen LogP contribution in [0.4, 0.5) is 10.6 Å². The summed E-state index contributed by atoms with van der Waals surface area (Å²) >= 11 is 0. The smallest absolute Gasteiger partial charge is 0.409 e. The predicted octanol–water partition coefficient (Wildman–Crippen LogP) is 3.08. The van der Waals surface area contributed by atoms with Gasteiger partial charge in [0.1, 0.15) is 17.3 Å². The zero-order valence-electron chi connectivity index (χ0n) is 17.5. The molecular formula is C20H33N5O3. The minimum atomic E-state index is -0.251. The van der Waals surface area contributed by atoms with E-state index < -0.39 is 0 Å². The monoisotopic (exact) mass is 391 g/mol.